The van der Waals surface area contributed by atoms with Gasteiger partial charge in [-0.15, -0.1) is 0 Å². The fourth-order valence-corrected chi connectivity index (χ4v) is 2.03. The van der Waals surface area contributed by atoms with Crippen LogP contribution in [0.5, 0.6) is 0 Å². The molecule has 0 bridgehead atoms. The molecule has 0 saturated heterocycles. The maximum Gasteiger partial charge on any atom is 0.252 e. The molecule has 1 aromatic rings. The minimum atomic E-state index is -1.44. The second-order valence-corrected chi connectivity index (χ2v) is 4.25. The second-order valence-electron chi connectivity index (χ2n) is 4.25. The van der Waals surface area contributed by atoms with Crippen LogP contribution in [-0.4, -0.2) is 41.0 Å². The number of nitrogens with two attached hydrogens (primary N) is 1. The number of amides is 2. The van der Waals surface area contributed by atoms with Crippen molar-refractivity contribution >= 4 is 11.8 Å². The molecule has 1 aromatic carbocycles. The number of aliphatic hydroxyl groups is 1. The van der Waals surface area contributed by atoms with Gasteiger partial charge in [0.05, 0.1) is 5.92 Å². The van der Waals surface area contributed by atoms with Crippen molar-refractivity contribution in [2.75, 3.05) is 13.1 Å². The van der Waals surface area contributed by atoms with Crippen molar-refractivity contribution in [2.24, 2.45) is 5.73 Å². The van der Waals surface area contributed by atoms with E-state index in [2.05, 4.69) is 0 Å². The molecule has 0 spiro atoms. The smallest absolute Gasteiger partial charge is 0.252 e. The van der Waals surface area contributed by atoms with E-state index in [-0.39, 0.29) is 0 Å². The molecule has 0 heterocycles. The fourth-order valence-electron chi connectivity index (χ4n) is 2.03. The number of hydrogen-bond donors (Lipinski definition) is 2. The maximum absolute atomic E-state index is 12.1. The summed E-state index contributed by atoms with van der Waals surface area (Å²) in [6.07, 6.45) is -1.44. The number of rotatable bonds is 6. The van der Waals surface area contributed by atoms with Crippen LogP contribution < -0.4 is 5.73 Å². The molecule has 0 fully saturated rings. The molecule has 104 valence electrons. The number of likely N-dealkylation sites (N-methyl/N-ethyl adjacent to an activating group) is 1. The van der Waals surface area contributed by atoms with Gasteiger partial charge in [-0.05, 0) is 19.4 Å². The summed E-state index contributed by atoms with van der Waals surface area (Å²) in [6, 6.07) is 8.61. The van der Waals surface area contributed by atoms with Crippen LogP contribution in [0.4, 0.5) is 0 Å². The number of primary amides is 1. The van der Waals surface area contributed by atoms with Gasteiger partial charge in [0.1, 0.15) is 6.10 Å². The van der Waals surface area contributed by atoms with Crippen LogP contribution in [0.3, 0.4) is 0 Å². The molecule has 0 aliphatic carbocycles. The number of hydrogen-bond acceptors (Lipinski definition) is 3. The topological polar surface area (TPSA) is 83.6 Å². The number of carbonyl (C=O) groups is 2. The van der Waals surface area contributed by atoms with Gasteiger partial charge in [0.2, 0.25) is 5.91 Å². The number of benzene rings is 1. The molecular formula is C14H20N2O3. The maximum atomic E-state index is 12.1. The van der Waals surface area contributed by atoms with Crippen molar-refractivity contribution in [3.8, 4) is 0 Å². The van der Waals surface area contributed by atoms with Crippen LogP contribution in [0, 0.1) is 0 Å². The minimum Gasteiger partial charge on any atom is -0.382 e. The van der Waals surface area contributed by atoms with Gasteiger partial charge in [-0.2, -0.15) is 0 Å². The van der Waals surface area contributed by atoms with E-state index in [1.54, 1.807) is 30.3 Å². The van der Waals surface area contributed by atoms with E-state index in [0.717, 1.165) is 0 Å². The normalized spacial score (nSPS) is 13.6. The lowest BCUT2D eigenvalue weighted by Crippen LogP contribution is -2.45. The zero-order valence-corrected chi connectivity index (χ0v) is 11.2. The van der Waals surface area contributed by atoms with E-state index in [1.807, 2.05) is 13.8 Å². The molecule has 0 radical (unpaired) electrons. The summed E-state index contributed by atoms with van der Waals surface area (Å²) in [6.45, 7) is 4.59. The van der Waals surface area contributed by atoms with E-state index in [0.29, 0.717) is 18.7 Å². The lowest BCUT2D eigenvalue weighted by molar-refractivity contribution is -0.144. The monoisotopic (exact) mass is 264 g/mol. The van der Waals surface area contributed by atoms with Gasteiger partial charge in [-0.1, -0.05) is 30.3 Å². The number of aliphatic hydroxyl groups excluding tert-OH is 1. The zero-order chi connectivity index (χ0) is 14.4. The molecule has 0 aliphatic heterocycles. The summed E-state index contributed by atoms with van der Waals surface area (Å²) in [5, 5.41) is 10.1. The summed E-state index contributed by atoms with van der Waals surface area (Å²) >= 11 is 0. The third kappa shape index (κ3) is 3.54. The third-order valence-electron chi connectivity index (χ3n) is 3.11. The SMILES string of the molecule is CCN(CC)C(=O)C(O)C(C(N)=O)c1ccccc1. The molecule has 2 amide bonds. The van der Waals surface area contributed by atoms with E-state index in [1.165, 1.54) is 4.90 Å². The largest absolute Gasteiger partial charge is 0.382 e. The van der Waals surface area contributed by atoms with E-state index in [4.69, 9.17) is 5.73 Å². The van der Waals surface area contributed by atoms with Crippen LogP contribution in [0.1, 0.15) is 25.3 Å². The number of nitrogens with zero attached hydrogens (tertiary/aromatic N) is 1. The van der Waals surface area contributed by atoms with Gasteiger partial charge in [-0.3, -0.25) is 9.59 Å². The minimum absolute atomic E-state index is 0.474. The Bertz CT molecular complexity index is 430. The molecule has 0 saturated carbocycles. The van der Waals surface area contributed by atoms with E-state index >= 15 is 0 Å². The Kier molecular flexibility index (Phi) is 5.51. The average Bonchev–Trinajstić information content (AvgIpc) is 2.40. The van der Waals surface area contributed by atoms with E-state index in [9.17, 15) is 14.7 Å². The van der Waals surface area contributed by atoms with E-state index < -0.39 is 23.8 Å². The van der Waals surface area contributed by atoms with Crippen molar-refractivity contribution in [2.45, 2.75) is 25.9 Å². The van der Waals surface area contributed by atoms with Gasteiger partial charge >= 0.3 is 0 Å². The molecule has 0 aromatic heterocycles. The van der Waals surface area contributed by atoms with Crippen molar-refractivity contribution < 1.29 is 14.7 Å². The molecule has 5 nitrogen and oxygen atoms in total. The summed E-state index contributed by atoms with van der Waals surface area (Å²) < 4.78 is 0. The third-order valence-corrected chi connectivity index (χ3v) is 3.11. The lowest BCUT2D eigenvalue weighted by atomic mass is 9.92. The predicted molar refractivity (Wildman–Crippen MR) is 72.3 cm³/mol. The first-order valence-corrected chi connectivity index (χ1v) is 6.34. The first-order valence-electron chi connectivity index (χ1n) is 6.34. The van der Waals surface area contributed by atoms with Gasteiger partial charge in [0, 0.05) is 13.1 Å². The highest BCUT2D eigenvalue weighted by atomic mass is 16.3. The van der Waals surface area contributed by atoms with Gasteiger partial charge in [-0.25, -0.2) is 0 Å². The van der Waals surface area contributed by atoms with Gasteiger partial charge in [0.25, 0.3) is 5.91 Å². The van der Waals surface area contributed by atoms with Crippen LogP contribution in [0.25, 0.3) is 0 Å². The average molecular weight is 264 g/mol. The summed E-state index contributed by atoms with van der Waals surface area (Å²) in [5.74, 6) is -2.20. The standard InChI is InChI=1S/C14H20N2O3/c1-3-16(4-2)14(19)12(17)11(13(15)18)10-8-6-5-7-9-10/h5-9,11-12,17H,3-4H2,1-2H3,(H2,15,18). The van der Waals surface area contributed by atoms with Crippen LogP contribution in [0.2, 0.25) is 0 Å². The highest BCUT2D eigenvalue weighted by molar-refractivity contribution is 5.92. The van der Waals surface area contributed by atoms with Crippen molar-refractivity contribution in [3.05, 3.63) is 35.9 Å². The van der Waals surface area contributed by atoms with Gasteiger partial charge < -0.3 is 15.7 Å². The van der Waals surface area contributed by atoms with Crippen molar-refractivity contribution in [3.63, 3.8) is 0 Å². The lowest BCUT2D eigenvalue weighted by Gasteiger charge is -2.26. The van der Waals surface area contributed by atoms with Crippen molar-refractivity contribution in [1.82, 2.24) is 4.90 Å². The first kappa shape index (κ1) is 15.2. The molecular weight excluding hydrogens is 244 g/mol. The summed E-state index contributed by atoms with van der Waals surface area (Å²) in [5.41, 5.74) is 5.87. The Morgan fingerprint density at radius 1 is 1.21 bits per heavy atom. The van der Waals surface area contributed by atoms with Crippen LogP contribution >= 0.6 is 0 Å². The Labute approximate surface area is 113 Å². The van der Waals surface area contributed by atoms with Gasteiger partial charge in [0.15, 0.2) is 0 Å². The molecule has 19 heavy (non-hydrogen) atoms. The Morgan fingerprint density at radius 3 is 2.16 bits per heavy atom. The second kappa shape index (κ2) is 6.89. The first-order chi connectivity index (χ1) is 9.02. The number of carbonyl (C=O) groups excluding carboxylic acids is 2. The molecule has 5 heteroatoms. The highest BCUT2D eigenvalue weighted by Crippen LogP contribution is 2.21. The van der Waals surface area contributed by atoms with Crippen LogP contribution in [0.15, 0.2) is 30.3 Å². The molecule has 2 atom stereocenters. The zero-order valence-electron chi connectivity index (χ0n) is 11.2. The Morgan fingerprint density at radius 2 is 1.74 bits per heavy atom. The quantitative estimate of drug-likeness (QED) is 0.784. The summed E-state index contributed by atoms with van der Waals surface area (Å²) in [4.78, 5) is 25.1. The summed E-state index contributed by atoms with van der Waals surface area (Å²) in [7, 11) is 0. The fraction of sp³-hybridized carbons (Fsp3) is 0.429. The van der Waals surface area contributed by atoms with Crippen LogP contribution in [-0.2, 0) is 9.59 Å². The molecule has 1 rings (SSSR count). The predicted octanol–water partition coefficient (Wildman–Crippen LogP) is 0.485. The Hall–Kier alpha value is -1.88. The molecule has 3 N–H and O–H groups in total. The Balaban J connectivity index is 3.01. The molecule has 0 aliphatic rings. The highest BCUT2D eigenvalue weighted by Gasteiger charge is 2.33. The van der Waals surface area contributed by atoms with Crippen molar-refractivity contribution in [1.29, 1.82) is 0 Å². The molecule has 2 unspecified atom stereocenters.